The third-order valence-corrected chi connectivity index (χ3v) is 1.57. The van der Waals surface area contributed by atoms with Crippen molar-refractivity contribution >= 4 is 5.91 Å². The molecular formula is C6H7N3O. The van der Waals surface area contributed by atoms with E-state index in [0.717, 1.165) is 12.2 Å². The van der Waals surface area contributed by atoms with Crippen LogP contribution in [0.1, 0.15) is 10.5 Å². The first-order valence-electron chi connectivity index (χ1n) is 3.13. The number of rotatable bonds is 0. The van der Waals surface area contributed by atoms with Gasteiger partial charge in [-0.3, -0.25) is 9.36 Å². The van der Waals surface area contributed by atoms with Gasteiger partial charge in [0.25, 0.3) is 0 Å². The minimum absolute atomic E-state index is 0.0683. The van der Waals surface area contributed by atoms with Gasteiger partial charge in [-0.2, -0.15) is 0 Å². The highest BCUT2D eigenvalue weighted by atomic mass is 16.2. The number of imidazole rings is 1. The molecule has 10 heavy (non-hydrogen) atoms. The summed E-state index contributed by atoms with van der Waals surface area (Å²) in [5.74, 6) is 0.0683. The molecule has 0 saturated carbocycles. The van der Waals surface area contributed by atoms with Crippen molar-refractivity contribution in [1.29, 1.82) is 0 Å². The Kier molecular flexibility index (Phi) is 1.07. The zero-order valence-corrected chi connectivity index (χ0v) is 5.37. The van der Waals surface area contributed by atoms with E-state index < -0.39 is 0 Å². The summed E-state index contributed by atoms with van der Waals surface area (Å²) in [7, 11) is 0. The van der Waals surface area contributed by atoms with Crippen LogP contribution in [0.2, 0.25) is 0 Å². The molecule has 0 amide bonds. The van der Waals surface area contributed by atoms with Crippen LogP contribution in [0.15, 0.2) is 12.5 Å². The molecular weight excluding hydrogens is 130 g/mol. The van der Waals surface area contributed by atoms with Crippen molar-refractivity contribution in [3.8, 4) is 0 Å². The van der Waals surface area contributed by atoms with Crippen LogP contribution in [0.3, 0.4) is 0 Å². The molecule has 1 N–H and O–H groups in total. The highest BCUT2D eigenvalue weighted by molar-refractivity contribution is 5.82. The van der Waals surface area contributed by atoms with E-state index in [9.17, 15) is 4.79 Å². The molecule has 1 aliphatic rings. The van der Waals surface area contributed by atoms with Crippen LogP contribution in [-0.2, 0) is 6.54 Å². The summed E-state index contributed by atoms with van der Waals surface area (Å²) < 4.78 is 1.58. The molecule has 0 unspecified atom stereocenters. The van der Waals surface area contributed by atoms with Crippen LogP contribution in [0, 0.1) is 0 Å². The summed E-state index contributed by atoms with van der Waals surface area (Å²) in [6.45, 7) is 1.16. The van der Waals surface area contributed by atoms with Crippen molar-refractivity contribution in [1.82, 2.24) is 14.9 Å². The molecule has 0 bridgehead atoms. The molecule has 1 aliphatic heterocycles. The lowest BCUT2D eigenvalue weighted by Gasteiger charge is -2.12. The third kappa shape index (κ3) is 0.657. The summed E-state index contributed by atoms with van der Waals surface area (Å²) in [5, 5.41) is 2.97. The quantitative estimate of drug-likeness (QED) is 0.530. The zero-order chi connectivity index (χ0) is 6.97. The van der Waals surface area contributed by atoms with Crippen molar-refractivity contribution in [3.05, 3.63) is 18.2 Å². The first-order valence-corrected chi connectivity index (χ1v) is 3.13. The van der Waals surface area contributed by atoms with Crippen LogP contribution in [0.4, 0.5) is 0 Å². The summed E-state index contributed by atoms with van der Waals surface area (Å²) in [5.41, 5.74) is 0.941. The highest BCUT2D eigenvalue weighted by Gasteiger charge is 2.13. The minimum Gasteiger partial charge on any atom is -0.303 e. The van der Waals surface area contributed by atoms with E-state index in [1.807, 2.05) is 0 Å². The summed E-state index contributed by atoms with van der Waals surface area (Å²) in [6, 6.07) is 0. The van der Waals surface area contributed by atoms with Gasteiger partial charge < -0.3 is 5.32 Å². The molecule has 2 rings (SSSR count). The second-order valence-corrected chi connectivity index (χ2v) is 2.25. The molecule has 4 heteroatoms. The van der Waals surface area contributed by atoms with Gasteiger partial charge in [-0.15, -0.1) is 0 Å². The number of nitrogens with zero attached hydrogens (tertiary/aromatic N) is 2. The molecule has 0 aromatic carbocycles. The van der Waals surface area contributed by atoms with E-state index in [0.29, 0.717) is 6.54 Å². The van der Waals surface area contributed by atoms with Crippen LogP contribution >= 0.6 is 0 Å². The zero-order valence-electron chi connectivity index (χ0n) is 5.37. The Bertz CT molecular complexity index is 266. The molecule has 1 aromatic rings. The predicted octanol–water partition coefficient (Wildman–Crippen LogP) is -0.374. The molecule has 0 fully saturated rings. The van der Waals surface area contributed by atoms with Gasteiger partial charge in [-0.1, -0.05) is 0 Å². The number of hydrogen-bond donors (Lipinski definition) is 1. The fourth-order valence-corrected chi connectivity index (χ4v) is 1.06. The van der Waals surface area contributed by atoms with Crippen LogP contribution < -0.4 is 5.32 Å². The van der Waals surface area contributed by atoms with E-state index in [2.05, 4.69) is 10.3 Å². The largest absolute Gasteiger partial charge is 0.303 e. The van der Waals surface area contributed by atoms with Gasteiger partial charge in [0.05, 0.1) is 12.2 Å². The van der Waals surface area contributed by atoms with E-state index in [1.165, 1.54) is 0 Å². The van der Waals surface area contributed by atoms with Crippen molar-refractivity contribution in [2.45, 2.75) is 6.54 Å². The standard InChI is InChI=1S/C6H7N3O/c10-6-3-7-1-5-2-8-4-9(5)6/h2,4,7H,1,3H2. The Morgan fingerprint density at radius 1 is 1.60 bits per heavy atom. The molecule has 2 heterocycles. The average Bonchev–Trinajstić information content (AvgIpc) is 2.36. The topological polar surface area (TPSA) is 46.9 Å². The summed E-state index contributed by atoms with van der Waals surface area (Å²) in [4.78, 5) is 14.9. The first-order chi connectivity index (χ1) is 4.88. The van der Waals surface area contributed by atoms with E-state index in [-0.39, 0.29) is 5.91 Å². The second-order valence-electron chi connectivity index (χ2n) is 2.25. The van der Waals surface area contributed by atoms with Crippen molar-refractivity contribution in [2.75, 3.05) is 6.54 Å². The number of aromatic nitrogens is 2. The number of fused-ring (bicyclic) bond motifs is 1. The Morgan fingerprint density at radius 2 is 2.50 bits per heavy atom. The summed E-state index contributed by atoms with van der Waals surface area (Å²) in [6.07, 6.45) is 3.25. The van der Waals surface area contributed by atoms with E-state index >= 15 is 0 Å². The first kappa shape index (κ1) is 5.61. The van der Waals surface area contributed by atoms with Gasteiger partial charge in [0.2, 0.25) is 5.91 Å². The molecule has 1 aromatic heterocycles. The normalized spacial score (nSPS) is 17.0. The Morgan fingerprint density at radius 3 is 3.30 bits per heavy atom. The fourth-order valence-electron chi connectivity index (χ4n) is 1.06. The van der Waals surface area contributed by atoms with Gasteiger partial charge in [-0.25, -0.2) is 4.98 Å². The number of nitrogens with one attached hydrogen (secondary N) is 1. The minimum atomic E-state index is 0.0683. The molecule has 4 nitrogen and oxygen atoms in total. The molecule has 0 aliphatic carbocycles. The van der Waals surface area contributed by atoms with Gasteiger partial charge in [0.15, 0.2) is 0 Å². The number of carbonyl (C=O) groups is 1. The van der Waals surface area contributed by atoms with Gasteiger partial charge in [-0.05, 0) is 0 Å². The number of carbonyl (C=O) groups excluding carboxylic acids is 1. The van der Waals surface area contributed by atoms with Crippen molar-refractivity contribution in [3.63, 3.8) is 0 Å². The molecule has 0 radical (unpaired) electrons. The monoisotopic (exact) mass is 137 g/mol. The maximum atomic E-state index is 11.0. The summed E-state index contributed by atoms with van der Waals surface area (Å²) >= 11 is 0. The SMILES string of the molecule is O=C1CNCc2cncn21. The average molecular weight is 137 g/mol. The lowest BCUT2D eigenvalue weighted by molar-refractivity contribution is 0.0894. The van der Waals surface area contributed by atoms with Crippen molar-refractivity contribution in [2.24, 2.45) is 0 Å². The number of hydrogen-bond acceptors (Lipinski definition) is 3. The predicted molar refractivity (Wildman–Crippen MR) is 34.6 cm³/mol. The van der Waals surface area contributed by atoms with Crippen LogP contribution in [-0.4, -0.2) is 22.0 Å². The lowest BCUT2D eigenvalue weighted by Crippen LogP contribution is -2.34. The second kappa shape index (κ2) is 1.91. The molecule has 52 valence electrons. The van der Waals surface area contributed by atoms with Gasteiger partial charge in [0.1, 0.15) is 6.33 Å². The van der Waals surface area contributed by atoms with E-state index in [1.54, 1.807) is 17.1 Å². The van der Waals surface area contributed by atoms with Gasteiger partial charge in [0, 0.05) is 12.7 Å². The lowest BCUT2D eigenvalue weighted by atomic mass is 10.3. The van der Waals surface area contributed by atoms with Crippen molar-refractivity contribution < 1.29 is 4.79 Å². The molecule has 0 atom stereocenters. The van der Waals surface area contributed by atoms with Crippen LogP contribution in [0.5, 0.6) is 0 Å². The Labute approximate surface area is 57.9 Å². The van der Waals surface area contributed by atoms with E-state index in [4.69, 9.17) is 0 Å². The van der Waals surface area contributed by atoms with Gasteiger partial charge >= 0.3 is 0 Å². The smallest absolute Gasteiger partial charge is 0.246 e. The molecule has 0 spiro atoms. The van der Waals surface area contributed by atoms with Crippen LogP contribution in [0.25, 0.3) is 0 Å². The third-order valence-electron chi connectivity index (χ3n) is 1.57. The maximum absolute atomic E-state index is 11.0. The highest BCUT2D eigenvalue weighted by Crippen LogP contribution is 2.01. The Balaban J connectivity index is 2.50. The Hall–Kier alpha value is -1.16. The molecule has 0 saturated heterocycles. The fraction of sp³-hybridized carbons (Fsp3) is 0.333. The maximum Gasteiger partial charge on any atom is 0.246 e.